The Bertz CT molecular complexity index is 1190. The van der Waals surface area contributed by atoms with Crippen molar-refractivity contribution in [3.8, 4) is 28.3 Å². The molecule has 0 fully saturated rings. The van der Waals surface area contributed by atoms with Gasteiger partial charge in [0.1, 0.15) is 11.4 Å². The maximum absolute atomic E-state index is 11.5. The molecule has 0 aliphatic heterocycles. The molecule has 1 amide bonds. The zero-order chi connectivity index (χ0) is 22.6. The Morgan fingerprint density at radius 2 is 1.90 bits per heavy atom. The van der Waals surface area contributed by atoms with Gasteiger partial charge in [-0.15, -0.1) is 0 Å². The summed E-state index contributed by atoms with van der Waals surface area (Å²) in [5.74, 6) is 0.776. The van der Waals surface area contributed by atoms with E-state index >= 15 is 0 Å². The van der Waals surface area contributed by atoms with Crippen molar-refractivity contribution >= 4 is 27.5 Å². The SMILES string of the molecule is COc1ccc(-c2nc(CCCC(=O)NO)oc2-c2ccc(S(N)(=O)=O)cc2)cc1Cl. The van der Waals surface area contributed by atoms with E-state index in [0.717, 1.165) is 0 Å². The smallest absolute Gasteiger partial charge is 0.243 e. The zero-order valence-electron chi connectivity index (χ0n) is 16.5. The summed E-state index contributed by atoms with van der Waals surface area (Å²) in [5.41, 5.74) is 3.32. The van der Waals surface area contributed by atoms with Crippen LogP contribution in [0.5, 0.6) is 5.75 Å². The van der Waals surface area contributed by atoms with Crippen molar-refractivity contribution in [2.24, 2.45) is 5.14 Å². The second-order valence-corrected chi connectivity index (χ2v) is 8.56. The average molecular weight is 466 g/mol. The van der Waals surface area contributed by atoms with E-state index in [2.05, 4.69) is 4.98 Å². The predicted octanol–water partition coefficient (Wildman–Crippen LogP) is 3.15. The standard InChI is InChI=1S/C20H20ClN3O6S/c1-29-16-10-7-13(11-15(16)21)19-20(12-5-8-14(9-6-12)31(22,27)28)30-18(23-19)4-2-3-17(25)24-26/h5-11,26H,2-4H2,1H3,(H,24,25)(H2,22,27,28). The Hall–Kier alpha value is -2.92. The molecular weight excluding hydrogens is 446 g/mol. The van der Waals surface area contributed by atoms with Crippen molar-refractivity contribution in [3.63, 3.8) is 0 Å². The predicted molar refractivity (Wildman–Crippen MR) is 113 cm³/mol. The lowest BCUT2D eigenvalue weighted by Gasteiger charge is -2.06. The topological polar surface area (TPSA) is 145 Å². The van der Waals surface area contributed by atoms with Crippen LogP contribution in [0.4, 0.5) is 0 Å². The van der Waals surface area contributed by atoms with Crippen LogP contribution in [0.25, 0.3) is 22.6 Å². The molecule has 0 aliphatic carbocycles. The summed E-state index contributed by atoms with van der Waals surface area (Å²) in [5, 5.41) is 14.2. The number of oxazole rings is 1. The lowest BCUT2D eigenvalue weighted by Crippen LogP contribution is -2.18. The lowest BCUT2D eigenvalue weighted by atomic mass is 10.1. The number of halogens is 1. The van der Waals surface area contributed by atoms with Crippen molar-refractivity contribution < 1.29 is 27.6 Å². The number of carbonyl (C=O) groups excluding carboxylic acids is 1. The Morgan fingerprint density at radius 1 is 1.23 bits per heavy atom. The van der Waals surface area contributed by atoms with E-state index in [-0.39, 0.29) is 11.3 Å². The fourth-order valence-electron chi connectivity index (χ4n) is 2.93. The van der Waals surface area contributed by atoms with E-state index in [1.807, 2.05) is 0 Å². The van der Waals surface area contributed by atoms with E-state index in [1.54, 1.807) is 35.8 Å². The van der Waals surface area contributed by atoms with Gasteiger partial charge in [0.25, 0.3) is 0 Å². The number of aromatic nitrogens is 1. The normalized spacial score (nSPS) is 11.4. The monoisotopic (exact) mass is 465 g/mol. The minimum absolute atomic E-state index is 0.0277. The number of hydrogen-bond donors (Lipinski definition) is 3. The van der Waals surface area contributed by atoms with Gasteiger partial charge in [0, 0.05) is 24.0 Å². The maximum atomic E-state index is 11.5. The molecule has 164 valence electrons. The van der Waals surface area contributed by atoms with Crippen LogP contribution in [0.3, 0.4) is 0 Å². The highest BCUT2D eigenvalue weighted by Crippen LogP contribution is 2.36. The maximum Gasteiger partial charge on any atom is 0.243 e. The highest BCUT2D eigenvalue weighted by atomic mass is 35.5. The number of rotatable bonds is 8. The first-order chi connectivity index (χ1) is 14.7. The second kappa shape index (κ2) is 9.48. The van der Waals surface area contributed by atoms with Gasteiger partial charge < -0.3 is 9.15 Å². The molecule has 9 nitrogen and oxygen atoms in total. The average Bonchev–Trinajstić information content (AvgIpc) is 3.17. The van der Waals surface area contributed by atoms with E-state index in [4.69, 9.17) is 31.1 Å². The molecule has 3 rings (SSSR count). The molecule has 0 atom stereocenters. The molecule has 0 unspecified atom stereocenters. The van der Waals surface area contributed by atoms with Gasteiger partial charge in [-0.2, -0.15) is 0 Å². The van der Waals surface area contributed by atoms with Crippen molar-refractivity contribution in [2.45, 2.75) is 24.2 Å². The molecule has 31 heavy (non-hydrogen) atoms. The number of hydroxylamine groups is 1. The number of nitrogens with one attached hydrogen (secondary N) is 1. The molecule has 0 radical (unpaired) electrons. The Balaban J connectivity index is 2.01. The number of hydrogen-bond acceptors (Lipinski definition) is 7. The first-order valence-corrected chi connectivity index (χ1v) is 11.0. The summed E-state index contributed by atoms with van der Waals surface area (Å²) >= 11 is 6.26. The van der Waals surface area contributed by atoms with Crippen LogP contribution in [0, 0.1) is 0 Å². The Kier molecular flexibility index (Phi) is 6.96. The fourth-order valence-corrected chi connectivity index (χ4v) is 3.70. The van der Waals surface area contributed by atoms with Gasteiger partial charge in [-0.05, 0) is 48.9 Å². The highest BCUT2D eigenvalue weighted by Gasteiger charge is 2.19. The molecule has 0 saturated heterocycles. The summed E-state index contributed by atoms with van der Waals surface area (Å²) < 4.78 is 34.2. The molecule has 0 spiro atoms. The molecule has 1 heterocycles. The van der Waals surface area contributed by atoms with Crippen LogP contribution in [0.2, 0.25) is 5.02 Å². The quantitative estimate of drug-likeness (QED) is 0.342. The number of sulfonamides is 1. The third kappa shape index (κ3) is 5.42. The van der Waals surface area contributed by atoms with Crippen LogP contribution >= 0.6 is 11.6 Å². The summed E-state index contributed by atoms with van der Waals surface area (Å²) in [6.45, 7) is 0. The minimum atomic E-state index is -3.83. The van der Waals surface area contributed by atoms with E-state index in [0.29, 0.717) is 52.1 Å². The Labute approximate surface area is 183 Å². The first-order valence-electron chi connectivity index (χ1n) is 9.12. The number of nitrogens with zero attached hydrogens (tertiary/aromatic N) is 1. The minimum Gasteiger partial charge on any atom is -0.495 e. The first kappa shape index (κ1) is 22.8. The summed E-state index contributed by atoms with van der Waals surface area (Å²) in [7, 11) is -2.32. The van der Waals surface area contributed by atoms with E-state index in [1.165, 1.54) is 19.2 Å². The number of carbonyl (C=O) groups is 1. The molecule has 0 saturated carbocycles. The van der Waals surface area contributed by atoms with Gasteiger partial charge in [-0.3, -0.25) is 10.0 Å². The van der Waals surface area contributed by atoms with Crippen LogP contribution < -0.4 is 15.4 Å². The molecule has 3 aromatic rings. The van der Waals surface area contributed by atoms with Crippen LogP contribution in [0.1, 0.15) is 18.7 Å². The number of benzene rings is 2. The molecule has 4 N–H and O–H groups in total. The molecule has 1 aromatic heterocycles. The number of methoxy groups -OCH3 is 1. The molecular formula is C20H20ClN3O6S. The van der Waals surface area contributed by atoms with Gasteiger partial charge >= 0.3 is 0 Å². The van der Waals surface area contributed by atoms with Crippen molar-refractivity contribution in [1.29, 1.82) is 0 Å². The largest absolute Gasteiger partial charge is 0.495 e. The Morgan fingerprint density at radius 3 is 2.48 bits per heavy atom. The highest BCUT2D eigenvalue weighted by molar-refractivity contribution is 7.89. The second-order valence-electron chi connectivity index (χ2n) is 6.59. The van der Waals surface area contributed by atoms with Crippen LogP contribution in [0.15, 0.2) is 51.8 Å². The third-order valence-corrected chi connectivity index (χ3v) is 5.69. The van der Waals surface area contributed by atoms with Crippen molar-refractivity contribution in [2.75, 3.05) is 7.11 Å². The number of primary sulfonamides is 1. The molecule has 11 heteroatoms. The van der Waals surface area contributed by atoms with E-state index < -0.39 is 15.9 Å². The van der Waals surface area contributed by atoms with Crippen LogP contribution in [-0.2, 0) is 21.2 Å². The summed E-state index contributed by atoms with van der Waals surface area (Å²) in [6.07, 6.45) is 0.847. The molecule has 2 aromatic carbocycles. The summed E-state index contributed by atoms with van der Waals surface area (Å²) in [6, 6.07) is 11.0. The van der Waals surface area contributed by atoms with Crippen LogP contribution in [-0.4, -0.2) is 31.6 Å². The number of amides is 1. The van der Waals surface area contributed by atoms with Gasteiger partial charge in [-0.1, -0.05) is 11.6 Å². The number of ether oxygens (including phenoxy) is 1. The third-order valence-electron chi connectivity index (χ3n) is 4.46. The number of aryl methyl sites for hydroxylation is 1. The molecule has 0 aliphatic rings. The van der Waals surface area contributed by atoms with Crippen molar-refractivity contribution in [1.82, 2.24) is 10.5 Å². The fraction of sp³-hybridized carbons (Fsp3) is 0.200. The van der Waals surface area contributed by atoms with Gasteiger partial charge in [0.15, 0.2) is 11.7 Å². The van der Waals surface area contributed by atoms with Gasteiger partial charge in [-0.25, -0.2) is 24.0 Å². The van der Waals surface area contributed by atoms with Gasteiger partial charge in [0.2, 0.25) is 15.9 Å². The lowest BCUT2D eigenvalue weighted by molar-refractivity contribution is -0.129. The molecule has 0 bridgehead atoms. The van der Waals surface area contributed by atoms with E-state index in [9.17, 15) is 13.2 Å². The van der Waals surface area contributed by atoms with Crippen molar-refractivity contribution in [3.05, 3.63) is 53.4 Å². The van der Waals surface area contributed by atoms with Gasteiger partial charge in [0.05, 0.1) is 17.0 Å². The summed E-state index contributed by atoms with van der Waals surface area (Å²) in [4.78, 5) is 15.7. The zero-order valence-corrected chi connectivity index (χ0v) is 18.0. The number of nitrogens with two attached hydrogens (primary N) is 1.